The second-order valence-corrected chi connectivity index (χ2v) is 7.27. The molecule has 0 bridgehead atoms. The summed E-state index contributed by atoms with van der Waals surface area (Å²) in [4.78, 5) is 19.3. The molecule has 3 aromatic rings. The number of likely N-dealkylation sites (tertiary alicyclic amines) is 1. The van der Waals surface area contributed by atoms with Crippen molar-refractivity contribution in [3.05, 3.63) is 53.9 Å². The van der Waals surface area contributed by atoms with E-state index in [-0.39, 0.29) is 11.7 Å². The van der Waals surface area contributed by atoms with Crippen molar-refractivity contribution in [3.8, 4) is 11.5 Å². The summed E-state index contributed by atoms with van der Waals surface area (Å²) >= 11 is 0. The van der Waals surface area contributed by atoms with E-state index in [0.29, 0.717) is 49.0 Å². The number of methoxy groups -OCH3 is 1. The van der Waals surface area contributed by atoms with Gasteiger partial charge in [0.2, 0.25) is 0 Å². The van der Waals surface area contributed by atoms with E-state index >= 15 is 0 Å². The number of nitrogens with zero attached hydrogens (tertiary/aromatic N) is 4. The highest BCUT2D eigenvalue weighted by Crippen LogP contribution is 2.37. The number of rotatable bonds is 6. The third-order valence-electron chi connectivity index (χ3n) is 5.39. The SMILES string of the molecule is COCCC1(c2noc(-c3ccc(F)cc3)n2)CCCN(C(=O)c2cn[nH]c2)C1. The maximum Gasteiger partial charge on any atom is 0.257 e. The Morgan fingerprint density at radius 2 is 2.21 bits per heavy atom. The number of hydrogen-bond donors (Lipinski definition) is 1. The maximum absolute atomic E-state index is 13.2. The summed E-state index contributed by atoms with van der Waals surface area (Å²) in [5.74, 6) is 0.460. The number of aromatic nitrogens is 4. The van der Waals surface area contributed by atoms with Gasteiger partial charge in [0.15, 0.2) is 5.82 Å². The lowest BCUT2D eigenvalue weighted by Crippen LogP contribution is -2.49. The maximum atomic E-state index is 13.2. The van der Waals surface area contributed by atoms with Crippen LogP contribution in [0.25, 0.3) is 11.5 Å². The Morgan fingerprint density at radius 1 is 1.38 bits per heavy atom. The summed E-state index contributed by atoms with van der Waals surface area (Å²) in [5.41, 5.74) is 0.692. The van der Waals surface area contributed by atoms with E-state index < -0.39 is 5.41 Å². The van der Waals surface area contributed by atoms with Gasteiger partial charge in [-0.2, -0.15) is 10.1 Å². The molecule has 1 aliphatic rings. The van der Waals surface area contributed by atoms with Gasteiger partial charge in [0, 0.05) is 38.6 Å². The fourth-order valence-corrected chi connectivity index (χ4v) is 3.80. The van der Waals surface area contributed by atoms with Crippen LogP contribution in [0.3, 0.4) is 0 Å². The molecule has 4 rings (SSSR count). The first kappa shape index (κ1) is 19.3. The van der Waals surface area contributed by atoms with Crippen molar-refractivity contribution in [2.75, 3.05) is 26.8 Å². The zero-order valence-electron chi connectivity index (χ0n) is 16.1. The molecular formula is C20H22FN5O3. The summed E-state index contributed by atoms with van der Waals surface area (Å²) in [7, 11) is 1.64. The fraction of sp³-hybridized carbons (Fsp3) is 0.400. The number of carbonyl (C=O) groups excluding carboxylic acids is 1. The monoisotopic (exact) mass is 399 g/mol. The molecule has 29 heavy (non-hydrogen) atoms. The predicted molar refractivity (Wildman–Crippen MR) is 102 cm³/mol. The number of nitrogens with one attached hydrogen (secondary N) is 1. The molecule has 8 nitrogen and oxygen atoms in total. The van der Waals surface area contributed by atoms with Crippen molar-refractivity contribution in [3.63, 3.8) is 0 Å². The van der Waals surface area contributed by atoms with Crippen molar-refractivity contribution in [2.45, 2.75) is 24.7 Å². The van der Waals surface area contributed by atoms with Gasteiger partial charge in [-0.15, -0.1) is 0 Å². The van der Waals surface area contributed by atoms with Crippen LogP contribution >= 0.6 is 0 Å². The number of halogens is 1. The van der Waals surface area contributed by atoms with Gasteiger partial charge in [-0.3, -0.25) is 9.89 Å². The number of aromatic amines is 1. The number of piperidine rings is 1. The van der Waals surface area contributed by atoms with E-state index in [2.05, 4.69) is 20.3 Å². The molecule has 1 saturated heterocycles. The minimum absolute atomic E-state index is 0.0810. The van der Waals surface area contributed by atoms with Crippen LogP contribution in [0.1, 0.15) is 35.4 Å². The Morgan fingerprint density at radius 3 is 2.93 bits per heavy atom. The van der Waals surface area contributed by atoms with E-state index in [9.17, 15) is 9.18 Å². The Labute approximate surface area is 167 Å². The fourth-order valence-electron chi connectivity index (χ4n) is 3.80. The molecule has 1 unspecified atom stereocenters. The number of carbonyl (C=O) groups is 1. The van der Waals surface area contributed by atoms with Crippen molar-refractivity contribution < 1.29 is 18.4 Å². The van der Waals surface area contributed by atoms with Crippen molar-refractivity contribution >= 4 is 5.91 Å². The van der Waals surface area contributed by atoms with Gasteiger partial charge in [-0.25, -0.2) is 4.39 Å². The van der Waals surface area contributed by atoms with Gasteiger partial charge in [0.1, 0.15) is 5.82 Å². The topological polar surface area (TPSA) is 97.1 Å². The Bertz CT molecular complexity index is 957. The van der Waals surface area contributed by atoms with Crippen LogP contribution in [0.2, 0.25) is 0 Å². The molecular weight excluding hydrogens is 377 g/mol. The van der Waals surface area contributed by atoms with Crippen LogP contribution in [0.15, 0.2) is 41.2 Å². The molecule has 0 aliphatic carbocycles. The number of hydrogen-bond acceptors (Lipinski definition) is 6. The molecule has 152 valence electrons. The van der Waals surface area contributed by atoms with E-state index in [1.807, 2.05) is 0 Å². The summed E-state index contributed by atoms with van der Waals surface area (Å²) in [6.07, 6.45) is 5.40. The summed E-state index contributed by atoms with van der Waals surface area (Å²) in [6, 6.07) is 5.91. The zero-order valence-corrected chi connectivity index (χ0v) is 16.1. The third kappa shape index (κ3) is 3.91. The van der Waals surface area contributed by atoms with Crippen molar-refractivity contribution in [2.24, 2.45) is 0 Å². The minimum atomic E-state index is -0.477. The van der Waals surface area contributed by atoms with E-state index in [0.717, 1.165) is 12.8 Å². The van der Waals surface area contributed by atoms with Crippen molar-refractivity contribution in [1.29, 1.82) is 0 Å². The van der Waals surface area contributed by atoms with Gasteiger partial charge in [0.05, 0.1) is 17.2 Å². The second kappa shape index (κ2) is 8.12. The van der Waals surface area contributed by atoms with Crippen LogP contribution in [-0.2, 0) is 10.2 Å². The van der Waals surface area contributed by atoms with Gasteiger partial charge >= 0.3 is 0 Å². The Hall–Kier alpha value is -3.07. The van der Waals surface area contributed by atoms with Crippen LogP contribution in [0.5, 0.6) is 0 Å². The lowest BCUT2D eigenvalue weighted by atomic mass is 9.76. The second-order valence-electron chi connectivity index (χ2n) is 7.27. The van der Waals surface area contributed by atoms with Crippen LogP contribution in [0.4, 0.5) is 4.39 Å². The standard InChI is InChI=1S/C20H22FN5O3/c1-28-10-8-20(7-2-9-26(13-20)18(27)15-11-22-23-12-15)19-24-17(29-25-19)14-3-5-16(21)6-4-14/h3-6,11-12H,2,7-10,13H2,1H3,(H,22,23). The molecule has 9 heteroatoms. The third-order valence-corrected chi connectivity index (χ3v) is 5.39. The summed E-state index contributed by atoms with van der Waals surface area (Å²) in [6.45, 7) is 1.62. The Balaban J connectivity index is 1.63. The molecule has 1 aliphatic heterocycles. The molecule has 1 N–H and O–H groups in total. The number of ether oxygens (including phenoxy) is 1. The van der Waals surface area contributed by atoms with Gasteiger partial charge in [-0.05, 0) is 43.5 Å². The number of amides is 1. The van der Waals surface area contributed by atoms with Gasteiger partial charge in [-0.1, -0.05) is 5.16 Å². The molecule has 1 atom stereocenters. The highest BCUT2D eigenvalue weighted by molar-refractivity contribution is 5.93. The average molecular weight is 399 g/mol. The summed E-state index contributed by atoms with van der Waals surface area (Å²) < 4.78 is 24.0. The smallest absolute Gasteiger partial charge is 0.257 e. The van der Waals surface area contributed by atoms with Crippen LogP contribution in [0, 0.1) is 5.82 Å². The van der Waals surface area contributed by atoms with Crippen LogP contribution in [-0.4, -0.2) is 58.0 Å². The molecule has 1 amide bonds. The highest BCUT2D eigenvalue weighted by Gasteiger charge is 2.42. The molecule has 1 fully saturated rings. The Kier molecular flexibility index (Phi) is 5.39. The molecule has 0 radical (unpaired) electrons. The summed E-state index contributed by atoms with van der Waals surface area (Å²) in [5, 5.41) is 10.8. The molecule has 0 spiro atoms. The van der Waals surface area contributed by atoms with Gasteiger partial charge < -0.3 is 14.2 Å². The quantitative estimate of drug-likeness (QED) is 0.685. The van der Waals surface area contributed by atoms with Crippen LogP contribution < -0.4 is 0 Å². The first-order valence-corrected chi connectivity index (χ1v) is 9.48. The zero-order chi connectivity index (χ0) is 20.3. The molecule has 3 heterocycles. The number of benzene rings is 1. The van der Waals surface area contributed by atoms with E-state index in [4.69, 9.17) is 9.26 Å². The molecule has 1 aromatic carbocycles. The number of H-pyrrole nitrogens is 1. The average Bonchev–Trinajstić information content (AvgIpc) is 3.45. The lowest BCUT2D eigenvalue weighted by Gasteiger charge is -2.40. The minimum Gasteiger partial charge on any atom is -0.385 e. The predicted octanol–water partition coefficient (Wildman–Crippen LogP) is 2.81. The largest absolute Gasteiger partial charge is 0.385 e. The highest BCUT2D eigenvalue weighted by atomic mass is 19.1. The first-order valence-electron chi connectivity index (χ1n) is 9.48. The molecule has 0 saturated carbocycles. The van der Waals surface area contributed by atoms with Crippen molar-refractivity contribution in [1.82, 2.24) is 25.2 Å². The van der Waals surface area contributed by atoms with Gasteiger partial charge in [0.25, 0.3) is 11.8 Å². The van der Waals surface area contributed by atoms with E-state index in [1.165, 1.54) is 18.3 Å². The normalized spacial score (nSPS) is 19.4. The van der Waals surface area contributed by atoms with E-state index in [1.54, 1.807) is 30.3 Å². The lowest BCUT2D eigenvalue weighted by molar-refractivity contribution is 0.0567. The molecule has 2 aromatic heterocycles. The first-order chi connectivity index (χ1) is 14.1.